The molecule has 0 spiro atoms. The van der Waals surface area contributed by atoms with E-state index in [-0.39, 0.29) is 34.1 Å². The van der Waals surface area contributed by atoms with Crippen LogP contribution < -0.4 is 21.1 Å². The number of nitrogens with two attached hydrogens (primary N) is 2. The molecule has 12 heteroatoms. The minimum Gasteiger partial charge on any atom is -0.484 e. The average molecular weight is 557 g/mol. The lowest BCUT2D eigenvalue weighted by Crippen LogP contribution is -2.39. The number of carbonyl (C=O) groups is 3. The number of hydrogen-bond donors (Lipinski definition) is 2. The fourth-order valence-corrected chi connectivity index (χ4v) is 4.70. The van der Waals surface area contributed by atoms with Crippen LogP contribution in [-0.4, -0.2) is 79.3 Å². The van der Waals surface area contributed by atoms with Crippen LogP contribution in [-0.2, 0) is 9.59 Å². The molecule has 3 rings (SSSR count). The lowest BCUT2D eigenvalue weighted by atomic mass is 10.1. The van der Waals surface area contributed by atoms with Crippen molar-refractivity contribution >= 4 is 45.6 Å². The van der Waals surface area contributed by atoms with Crippen molar-refractivity contribution in [3.63, 3.8) is 0 Å². The van der Waals surface area contributed by atoms with Crippen molar-refractivity contribution in [2.45, 2.75) is 19.4 Å². The normalized spacial score (nSPS) is 11.7. The van der Waals surface area contributed by atoms with Crippen molar-refractivity contribution in [2.24, 2.45) is 5.73 Å². The molecule has 2 aromatic carbocycles. The van der Waals surface area contributed by atoms with Gasteiger partial charge in [-0.15, -0.1) is 0 Å². The maximum Gasteiger partial charge on any atom is 0.260 e. The summed E-state index contributed by atoms with van der Waals surface area (Å²) in [5.74, 6) is -1.15. The molecule has 0 aliphatic heterocycles. The zero-order valence-electron chi connectivity index (χ0n) is 22.4. The van der Waals surface area contributed by atoms with Crippen LogP contribution in [0, 0.1) is 5.82 Å². The molecular formula is C27H33FN6O4S. The molecule has 1 heterocycles. The zero-order valence-corrected chi connectivity index (χ0v) is 23.2. The third-order valence-corrected chi connectivity index (χ3v) is 7.03. The maximum atomic E-state index is 13.5. The van der Waals surface area contributed by atoms with E-state index in [1.54, 1.807) is 43.1 Å². The fourth-order valence-electron chi connectivity index (χ4n) is 3.65. The van der Waals surface area contributed by atoms with Crippen molar-refractivity contribution in [2.75, 3.05) is 51.5 Å². The molecule has 1 unspecified atom stereocenters. The Bertz CT molecular complexity index is 1300. The van der Waals surface area contributed by atoms with Crippen molar-refractivity contribution < 1.29 is 23.5 Å². The van der Waals surface area contributed by atoms with Crippen LogP contribution in [0.3, 0.4) is 0 Å². The second kappa shape index (κ2) is 13.2. The van der Waals surface area contributed by atoms with Gasteiger partial charge in [-0.1, -0.05) is 11.3 Å². The molecule has 0 bridgehead atoms. The molecule has 2 amide bonds. The second-order valence-corrected chi connectivity index (χ2v) is 10.2. The van der Waals surface area contributed by atoms with E-state index in [9.17, 15) is 18.8 Å². The topological polar surface area (TPSA) is 135 Å². The molecule has 3 aromatic rings. The van der Waals surface area contributed by atoms with E-state index in [4.69, 9.17) is 16.2 Å². The number of ether oxygens (including phenoxy) is 1. The molecule has 0 fully saturated rings. The standard InChI is InChI=1S/C27H33FN6O4S/c1-17(26(30)37)34(20-10-8-19(28)9-11-20)27-31-25(29)24(39-27)23(36)18-6-12-21(13-7-18)38-16-22(35)33(4)15-5-14-32(2)3/h6-13,17H,5,14-16,29H2,1-4H3,(H2,30,37). The number of thiazole rings is 1. The van der Waals surface area contributed by atoms with Gasteiger partial charge >= 0.3 is 0 Å². The summed E-state index contributed by atoms with van der Waals surface area (Å²) in [6, 6.07) is 11.0. The Morgan fingerprint density at radius 1 is 1.03 bits per heavy atom. The van der Waals surface area contributed by atoms with Gasteiger partial charge in [0.2, 0.25) is 11.7 Å². The van der Waals surface area contributed by atoms with Gasteiger partial charge in [-0.3, -0.25) is 14.4 Å². The fraction of sp³-hybridized carbons (Fsp3) is 0.333. The first-order chi connectivity index (χ1) is 18.5. The molecule has 10 nitrogen and oxygen atoms in total. The summed E-state index contributed by atoms with van der Waals surface area (Å²) in [5.41, 5.74) is 12.4. The predicted molar refractivity (Wildman–Crippen MR) is 150 cm³/mol. The van der Waals surface area contributed by atoms with Crippen molar-refractivity contribution in [1.29, 1.82) is 0 Å². The number of amides is 2. The number of likely N-dealkylation sites (N-methyl/N-ethyl adjacent to an activating group) is 1. The van der Waals surface area contributed by atoms with Gasteiger partial charge in [0.25, 0.3) is 5.91 Å². The number of hydrogen-bond acceptors (Lipinski definition) is 9. The van der Waals surface area contributed by atoms with E-state index in [0.717, 1.165) is 24.3 Å². The zero-order chi connectivity index (χ0) is 28.7. The monoisotopic (exact) mass is 556 g/mol. The number of nitrogens with zero attached hydrogens (tertiary/aromatic N) is 4. The summed E-state index contributed by atoms with van der Waals surface area (Å²) in [5, 5.41) is 0.266. The van der Waals surface area contributed by atoms with Crippen molar-refractivity contribution in [1.82, 2.24) is 14.8 Å². The molecule has 1 aromatic heterocycles. The van der Waals surface area contributed by atoms with E-state index in [2.05, 4.69) is 9.88 Å². The van der Waals surface area contributed by atoms with Crippen LogP contribution in [0.5, 0.6) is 5.75 Å². The second-order valence-electron chi connectivity index (χ2n) is 9.25. The number of rotatable bonds is 13. The molecule has 1 atom stereocenters. The first-order valence-corrected chi connectivity index (χ1v) is 13.1. The number of benzene rings is 2. The SMILES string of the molecule is CC(C(N)=O)N(c1ccc(F)cc1)c1nc(N)c(C(=O)c2ccc(OCC(=O)N(C)CCCN(C)C)cc2)s1. The van der Waals surface area contributed by atoms with Gasteiger partial charge in [0.15, 0.2) is 11.7 Å². The highest BCUT2D eigenvalue weighted by Gasteiger charge is 2.27. The van der Waals surface area contributed by atoms with Crippen LogP contribution in [0.2, 0.25) is 0 Å². The number of ketones is 1. The lowest BCUT2D eigenvalue weighted by molar-refractivity contribution is -0.132. The Balaban J connectivity index is 1.71. The number of anilines is 3. The van der Waals surface area contributed by atoms with E-state index < -0.39 is 17.8 Å². The highest BCUT2D eigenvalue weighted by Crippen LogP contribution is 2.36. The summed E-state index contributed by atoms with van der Waals surface area (Å²) < 4.78 is 19.1. The summed E-state index contributed by atoms with van der Waals surface area (Å²) in [7, 11) is 5.70. The molecule has 0 radical (unpaired) electrons. The smallest absolute Gasteiger partial charge is 0.260 e. The number of aromatic nitrogens is 1. The molecular weight excluding hydrogens is 523 g/mol. The summed E-state index contributed by atoms with van der Waals surface area (Å²) >= 11 is 0.999. The van der Waals surface area contributed by atoms with Crippen LogP contribution in [0.1, 0.15) is 28.6 Å². The maximum absolute atomic E-state index is 13.5. The quantitative estimate of drug-likeness (QED) is 0.307. The van der Waals surface area contributed by atoms with E-state index in [0.29, 0.717) is 23.5 Å². The van der Waals surface area contributed by atoms with Crippen LogP contribution in [0.25, 0.3) is 0 Å². The molecule has 0 saturated heterocycles. The Kier molecular flexibility index (Phi) is 9.96. The highest BCUT2D eigenvalue weighted by molar-refractivity contribution is 7.18. The minimum atomic E-state index is -0.838. The molecule has 39 heavy (non-hydrogen) atoms. The van der Waals surface area contributed by atoms with Gasteiger partial charge in [0.1, 0.15) is 28.3 Å². The number of halogens is 1. The Morgan fingerprint density at radius 3 is 2.26 bits per heavy atom. The van der Waals surface area contributed by atoms with Crippen LogP contribution >= 0.6 is 11.3 Å². The number of carbonyl (C=O) groups excluding carboxylic acids is 3. The molecule has 0 saturated carbocycles. The third kappa shape index (κ3) is 7.74. The molecule has 4 N–H and O–H groups in total. The minimum absolute atomic E-state index is 0.00740. The summed E-state index contributed by atoms with van der Waals surface area (Å²) in [6.45, 7) is 2.97. The molecule has 0 aliphatic rings. The predicted octanol–water partition coefficient (Wildman–Crippen LogP) is 2.90. The number of primary amides is 1. The Morgan fingerprint density at radius 2 is 1.67 bits per heavy atom. The van der Waals surface area contributed by atoms with Crippen LogP contribution in [0.4, 0.5) is 21.0 Å². The molecule has 208 valence electrons. The average Bonchev–Trinajstić information content (AvgIpc) is 3.28. The van der Waals surface area contributed by atoms with Gasteiger partial charge < -0.3 is 30.9 Å². The van der Waals surface area contributed by atoms with Gasteiger partial charge in [0, 0.05) is 24.8 Å². The van der Waals surface area contributed by atoms with Crippen LogP contribution in [0.15, 0.2) is 48.5 Å². The van der Waals surface area contributed by atoms with Gasteiger partial charge in [-0.25, -0.2) is 9.37 Å². The first-order valence-electron chi connectivity index (χ1n) is 12.2. The summed E-state index contributed by atoms with van der Waals surface area (Å²) in [4.78, 5) is 47.2. The first kappa shape index (κ1) is 29.5. The van der Waals surface area contributed by atoms with Gasteiger partial charge in [-0.2, -0.15) is 0 Å². The Labute approximate surface area is 231 Å². The van der Waals surface area contributed by atoms with Crippen molar-refractivity contribution in [3.05, 3.63) is 64.8 Å². The largest absolute Gasteiger partial charge is 0.484 e. The number of nitrogen functional groups attached to an aromatic ring is 1. The van der Waals surface area contributed by atoms with Gasteiger partial charge in [-0.05, 0) is 82.5 Å². The molecule has 0 aliphatic carbocycles. The van der Waals surface area contributed by atoms with E-state index in [1.165, 1.54) is 29.2 Å². The van der Waals surface area contributed by atoms with E-state index in [1.807, 2.05) is 14.1 Å². The van der Waals surface area contributed by atoms with Gasteiger partial charge in [0.05, 0.1) is 0 Å². The van der Waals surface area contributed by atoms with E-state index >= 15 is 0 Å². The summed E-state index contributed by atoms with van der Waals surface area (Å²) in [6.07, 6.45) is 0.859. The lowest BCUT2D eigenvalue weighted by Gasteiger charge is -2.26. The third-order valence-electron chi connectivity index (χ3n) is 5.96. The Hall–Kier alpha value is -4.03. The van der Waals surface area contributed by atoms with Crippen molar-refractivity contribution in [3.8, 4) is 5.75 Å². The highest BCUT2D eigenvalue weighted by atomic mass is 32.1.